The number of piperidine rings is 1. The van der Waals surface area contributed by atoms with Crippen molar-refractivity contribution >= 4 is 40.9 Å². The van der Waals surface area contributed by atoms with E-state index in [1.54, 1.807) is 24.7 Å². The summed E-state index contributed by atoms with van der Waals surface area (Å²) in [4.78, 5) is 19.8. The zero-order valence-electron chi connectivity index (χ0n) is 18.8. The molecule has 1 aromatic carbocycles. The number of nitrogens with zero attached hydrogens (tertiary/aromatic N) is 4. The van der Waals surface area contributed by atoms with Crippen molar-refractivity contribution in [2.45, 2.75) is 25.1 Å². The van der Waals surface area contributed by atoms with Crippen LogP contribution < -0.4 is 5.11 Å². The van der Waals surface area contributed by atoms with E-state index in [4.69, 9.17) is 11.6 Å². The minimum Gasteiger partial charge on any atom is -0.530 e. The number of rotatable bonds is 4. The maximum Gasteiger partial charge on any atom is 0.417 e. The maximum atomic E-state index is 13.4. The van der Waals surface area contributed by atoms with Crippen molar-refractivity contribution in [3.63, 3.8) is 0 Å². The second-order valence-electron chi connectivity index (χ2n) is 8.59. The molecule has 186 valence electrons. The molecule has 1 aliphatic heterocycles. The second-order valence-corrected chi connectivity index (χ2v) is 9.00. The molecule has 4 heterocycles. The minimum atomic E-state index is -4.53. The van der Waals surface area contributed by atoms with Crippen molar-refractivity contribution in [3.8, 4) is 11.1 Å². The van der Waals surface area contributed by atoms with Crippen LogP contribution in [0.2, 0.25) is 5.02 Å². The maximum absolute atomic E-state index is 13.4. The molecule has 5 rings (SSSR count). The molecule has 11 heteroatoms. The monoisotopic (exact) mass is 514 g/mol. The lowest BCUT2D eigenvalue weighted by molar-refractivity contribution is -0.266. The van der Waals surface area contributed by atoms with Crippen LogP contribution in [0.25, 0.3) is 34.3 Å². The largest absolute Gasteiger partial charge is 0.530 e. The van der Waals surface area contributed by atoms with Crippen LogP contribution in [-0.4, -0.2) is 43.8 Å². The topological polar surface area (TPSA) is 89.9 Å². The zero-order chi connectivity index (χ0) is 25.4. The van der Waals surface area contributed by atoms with Gasteiger partial charge in [-0.2, -0.15) is 18.3 Å². The van der Waals surface area contributed by atoms with Gasteiger partial charge in [-0.3, -0.25) is 4.68 Å². The summed E-state index contributed by atoms with van der Waals surface area (Å²) in [5.41, 5.74) is 1.97. The number of fused-ring (bicyclic) bond motifs is 1. The highest BCUT2D eigenvalue weighted by Crippen LogP contribution is 2.36. The number of aromatic nitrogens is 4. The lowest BCUT2D eigenvalue weighted by atomic mass is 10.0. The highest BCUT2D eigenvalue weighted by atomic mass is 35.5. The fourth-order valence-corrected chi connectivity index (χ4v) is 4.68. The van der Waals surface area contributed by atoms with Crippen molar-refractivity contribution in [1.29, 1.82) is 0 Å². The number of likely N-dealkylation sites (tertiary alicyclic amines) is 1. The van der Waals surface area contributed by atoms with Gasteiger partial charge in [0.1, 0.15) is 11.7 Å². The zero-order valence-corrected chi connectivity index (χ0v) is 19.6. The highest BCUT2D eigenvalue weighted by molar-refractivity contribution is 6.32. The Morgan fingerprint density at radius 3 is 2.67 bits per heavy atom. The molecule has 1 amide bonds. The number of carbonyl (C=O) groups is 1. The Hall–Kier alpha value is -3.79. The molecule has 0 radical (unpaired) electrons. The van der Waals surface area contributed by atoms with Gasteiger partial charge in [0.2, 0.25) is 0 Å². The van der Waals surface area contributed by atoms with Gasteiger partial charge in [0, 0.05) is 64.3 Å². The van der Waals surface area contributed by atoms with E-state index in [9.17, 15) is 23.1 Å². The van der Waals surface area contributed by atoms with E-state index in [1.807, 2.05) is 16.9 Å². The van der Waals surface area contributed by atoms with Gasteiger partial charge < -0.3 is 19.8 Å². The standard InChI is InChI=1S/C25H21ClF3N5O2/c26-22-3-1-2-21(25(27,28)29)19(22)5-4-15-11-30-23-20(15)10-16(12-31-23)17-13-32-34(14-17)18-6-8-33(9-7-18)24(35)36/h1-5,10-14,18H,6-9H2,(H,30,31)(H,35,36)/p-1. The van der Waals surface area contributed by atoms with Gasteiger partial charge in [0.15, 0.2) is 0 Å². The molecular weight excluding hydrogens is 495 g/mol. The number of carbonyl (C=O) groups excluding carboxylic acids is 1. The van der Waals surface area contributed by atoms with Crippen LogP contribution in [-0.2, 0) is 6.18 Å². The Labute approximate surface area is 208 Å². The first kappa shape index (κ1) is 23.9. The lowest BCUT2D eigenvalue weighted by Gasteiger charge is -2.33. The Morgan fingerprint density at radius 1 is 1.17 bits per heavy atom. The predicted octanol–water partition coefficient (Wildman–Crippen LogP) is 5.25. The molecule has 0 atom stereocenters. The number of hydrogen-bond acceptors (Lipinski definition) is 4. The summed E-state index contributed by atoms with van der Waals surface area (Å²) in [6, 6.07) is 5.68. The molecule has 0 bridgehead atoms. The predicted molar refractivity (Wildman–Crippen MR) is 128 cm³/mol. The smallest absolute Gasteiger partial charge is 0.417 e. The van der Waals surface area contributed by atoms with E-state index in [0.717, 1.165) is 22.6 Å². The van der Waals surface area contributed by atoms with Crippen molar-refractivity contribution in [2.75, 3.05) is 13.1 Å². The van der Waals surface area contributed by atoms with Gasteiger partial charge >= 0.3 is 6.18 Å². The number of hydrogen-bond donors (Lipinski definition) is 1. The van der Waals surface area contributed by atoms with Crippen molar-refractivity contribution < 1.29 is 23.1 Å². The fraction of sp³-hybridized carbons (Fsp3) is 0.240. The average Bonchev–Trinajstić information content (AvgIpc) is 3.50. The molecule has 7 nitrogen and oxygen atoms in total. The summed E-state index contributed by atoms with van der Waals surface area (Å²) in [5.74, 6) is 0. The van der Waals surface area contributed by atoms with Crippen LogP contribution >= 0.6 is 11.6 Å². The molecule has 0 unspecified atom stereocenters. The quantitative estimate of drug-likeness (QED) is 0.403. The number of aromatic amines is 1. The van der Waals surface area contributed by atoms with Crippen molar-refractivity contribution in [2.24, 2.45) is 0 Å². The van der Waals surface area contributed by atoms with Crippen molar-refractivity contribution in [1.82, 2.24) is 24.6 Å². The molecule has 4 aromatic rings. The van der Waals surface area contributed by atoms with E-state index >= 15 is 0 Å². The van der Waals surface area contributed by atoms with Gasteiger partial charge in [-0.05, 0) is 31.0 Å². The average molecular weight is 515 g/mol. The number of nitrogens with one attached hydrogen (secondary N) is 1. The van der Waals surface area contributed by atoms with Crippen LogP contribution in [0, 0.1) is 0 Å². The first-order valence-electron chi connectivity index (χ1n) is 11.2. The lowest BCUT2D eigenvalue weighted by Crippen LogP contribution is -2.45. The SMILES string of the molecule is O=C([O-])N1CCC(n2cc(-c3cnc4[nH]cc(C=Cc5c(Cl)cccc5C(F)(F)F)c4c3)cn2)CC1. The molecule has 0 saturated carbocycles. The van der Waals surface area contributed by atoms with Crippen LogP contribution in [0.3, 0.4) is 0 Å². The molecule has 3 aromatic heterocycles. The number of benzene rings is 1. The molecule has 1 aliphatic rings. The summed E-state index contributed by atoms with van der Waals surface area (Å²) < 4.78 is 42.1. The first-order chi connectivity index (χ1) is 17.2. The molecule has 1 N–H and O–H groups in total. The summed E-state index contributed by atoms with van der Waals surface area (Å²) in [6.07, 6.45) is 5.52. The van der Waals surface area contributed by atoms with Gasteiger partial charge in [-0.15, -0.1) is 0 Å². The Morgan fingerprint density at radius 2 is 1.94 bits per heavy atom. The number of amides is 1. The summed E-state index contributed by atoms with van der Waals surface area (Å²) in [5, 5.41) is 16.2. The third-order valence-corrected chi connectivity index (χ3v) is 6.71. The molecule has 0 aliphatic carbocycles. The number of H-pyrrole nitrogens is 1. The van der Waals surface area contributed by atoms with Crippen LogP contribution in [0.15, 0.2) is 49.1 Å². The fourth-order valence-electron chi connectivity index (χ4n) is 4.45. The van der Waals surface area contributed by atoms with Crippen LogP contribution in [0.1, 0.15) is 35.6 Å². The third-order valence-electron chi connectivity index (χ3n) is 6.38. The summed E-state index contributed by atoms with van der Waals surface area (Å²) in [6.45, 7) is 0.798. The van der Waals surface area contributed by atoms with Gasteiger partial charge in [-0.1, -0.05) is 29.8 Å². The van der Waals surface area contributed by atoms with Crippen LogP contribution in [0.4, 0.5) is 18.0 Å². The van der Waals surface area contributed by atoms with E-state index < -0.39 is 17.8 Å². The number of pyridine rings is 1. The van der Waals surface area contributed by atoms with E-state index in [0.29, 0.717) is 37.1 Å². The minimum absolute atomic E-state index is 0.0117. The first-order valence-corrected chi connectivity index (χ1v) is 11.6. The number of alkyl halides is 3. The molecule has 1 saturated heterocycles. The molecule has 36 heavy (non-hydrogen) atoms. The highest BCUT2D eigenvalue weighted by Gasteiger charge is 2.33. The van der Waals surface area contributed by atoms with E-state index in [1.165, 1.54) is 23.1 Å². The summed E-state index contributed by atoms with van der Waals surface area (Å²) >= 11 is 6.07. The van der Waals surface area contributed by atoms with Gasteiger partial charge in [0.05, 0.1) is 17.8 Å². The third kappa shape index (κ3) is 4.68. The second kappa shape index (κ2) is 9.34. The Kier molecular flexibility index (Phi) is 6.21. The van der Waals surface area contributed by atoms with Gasteiger partial charge in [-0.25, -0.2) is 4.98 Å². The van der Waals surface area contributed by atoms with E-state index in [-0.39, 0.29) is 16.6 Å². The van der Waals surface area contributed by atoms with E-state index in [2.05, 4.69) is 15.1 Å². The Balaban J connectivity index is 1.41. The Bertz CT molecular complexity index is 1450. The number of carboxylic acid groups (broad SMARTS) is 1. The van der Waals surface area contributed by atoms with Crippen molar-refractivity contribution in [3.05, 3.63) is 70.8 Å². The number of halogens is 4. The van der Waals surface area contributed by atoms with Gasteiger partial charge in [0.25, 0.3) is 0 Å². The molecule has 0 spiro atoms. The summed E-state index contributed by atoms with van der Waals surface area (Å²) in [7, 11) is 0. The normalized spacial score (nSPS) is 15.3. The molecular formula is C25H20ClF3N5O2-. The molecule has 1 fully saturated rings. The van der Waals surface area contributed by atoms with Crippen LogP contribution in [0.5, 0.6) is 0 Å².